The largest absolute Gasteiger partial charge is 0.416 e. The van der Waals surface area contributed by atoms with E-state index in [0.717, 1.165) is 62.8 Å². The Balaban J connectivity index is 0.000000228. The van der Waals surface area contributed by atoms with Crippen LogP contribution in [0.25, 0.3) is 0 Å². The molecule has 0 radical (unpaired) electrons. The molecule has 2 aliphatic carbocycles. The van der Waals surface area contributed by atoms with Crippen LogP contribution in [-0.4, -0.2) is 83.5 Å². The third-order valence-corrected chi connectivity index (χ3v) is 12.0. The molecule has 2 atom stereocenters. The van der Waals surface area contributed by atoms with Crippen molar-refractivity contribution in [3.05, 3.63) is 70.3 Å². The third-order valence-electron chi connectivity index (χ3n) is 12.0. The fraction of sp³-hybridized carbons (Fsp3) is 0.636. The van der Waals surface area contributed by atoms with Gasteiger partial charge in [-0.15, -0.1) is 0 Å². The van der Waals surface area contributed by atoms with E-state index in [9.17, 15) is 54.3 Å². The molecule has 0 bridgehead atoms. The van der Waals surface area contributed by atoms with Crippen molar-refractivity contribution in [2.24, 2.45) is 22.7 Å². The molecular formula is C44H56F8N4O4. The van der Waals surface area contributed by atoms with E-state index in [1.807, 2.05) is 41.5 Å². The number of amides is 2. The summed E-state index contributed by atoms with van der Waals surface area (Å²) in [5, 5.41) is 5.86. The molecule has 8 nitrogen and oxygen atoms in total. The maximum atomic E-state index is 13.6. The van der Waals surface area contributed by atoms with Gasteiger partial charge in [-0.05, 0) is 165 Å². The Bertz CT molecular complexity index is 1780. The van der Waals surface area contributed by atoms with Crippen molar-refractivity contribution < 1.29 is 54.3 Å². The highest BCUT2D eigenvalue weighted by atomic mass is 19.4. The van der Waals surface area contributed by atoms with Crippen LogP contribution in [0.3, 0.4) is 0 Å². The predicted octanol–water partition coefficient (Wildman–Crippen LogP) is 7.95. The summed E-state index contributed by atoms with van der Waals surface area (Å²) in [6.45, 7) is 15.0. The minimum absolute atomic E-state index is 0.0338. The van der Waals surface area contributed by atoms with Crippen molar-refractivity contribution in [2.75, 3.05) is 39.3 Å². The molecule has 2 aromatic carbocycles. The number of piperidine rings is 2. The van der Waals surface area contributed by atoms with Crippen LogP contribution >= 0.6 is 0 Å². The molecule has 2 saturated heterocycles. The number of rotatable bonds is 10. The number of alkyl halides is 6. The van der Waals surface area contributed by atoms with Gasteiger partial charge in [0.15, 0.2) is 0 Å². The molecule has 2 aliphatic heterocycles. The Hall–Kier alpha value is -3.92. The lowest BCUT2D eigenvalue weighted by atomic mass is 9.88. The molecule has 16 heteroatoms. The summed E-state index contributed by atoms with van der Waals surface area (Å²) in [6, 6.07) is 4.59. The minimum Gasteiger partial charge on any atom is -0.350 e. The van der Waals surface area contributed by atoms with Crippen LogP contribution in [0.4, 0.5) is 35.1 Å². The Kier molecular flexibility index (Phi) is 13.7. The minimum atomic E-state index is -4.65. The molecule has 6 rings (SSSR count). The first-order chi connectivity index (χ1) is 27.5. The van der Waals surface area contributed by atoms with Crippen LogP contribution in [0.2, 0.25) is 0 Å². The van der Waals surface area contributed by atoms with Gasteiger partial charge in [-0.3, -0.25) is 29.0 Å². The highest BCUT2D eigenvalue weighted by Gasteiger charge is 2.59. The van der Waals surface area contributed by atoms with Crippen LogP contribution in [0.5, 0.6) is 0 Å². The van der Waals surface area contributed by atoms with Gasteiger partial charge in [-0.1, -0.05) is 0 Å². The van der Waals surface area contributed by atoms with E-state index in [2.05, 4.69) is 20.4 Å². The van der Waals surface area contributed by atoms with Crippen molar-refractivity contribution in [2.45, 2.75) is 116 Å². The molecule has 2 saturated carbocycles. The lowest BCUT2D eigenvalue weighted by Gasteiger charge is -2.33. The summed E-state index contributed by atoms with van der Waals surface area (Å²) in [5.41, 5.74) is -2.83. The van der Waals surface area contributed by atoms with E-state index in [-0.39, 0.29) is 81.1 Å². The van der Waals surface area contributed by atoms with E-state index in [0.29, 0.717) is 51.4 Å². The Labute approximate surface area is 346 Å². The zero-order valence-corrected chi connectivity index (χ0v) is 35.1. The van der Waals surface area contributed by atoms with Gasteiger partial charge in [0, 0.05) is 35.8 Å². The highest BCUT2D eigenvalue weighted by Crippen LogP contribution is 2.61. The van der Waals surface area contributed by atoms with Crippen molar-refractivity contribution in [1.82, 2.24) is 20.4 Å². The number of hydrogen-bond acceptors (Lipinski definition) is 6. The van der Waals surface area contributed by atoms with Crippen LogP contribution in [-0.2, 0) is 44.4 Å². The number of carbonyl (C=O) groups is 4. The van der Waals surface area contributed by atoms with Gasteiger partial charge in [0.1, 0.15) is 23.2 Å². The number of ketones is 2. The fourth-order valence-electron chi connectivity index (χ4n) is 8.83. The number of nitrogens with zero attached hydrogens (tertiary/aromatic N) is 2. The van der Waals surface area contributed by atoms with Crippen LogP contribution in [0.1, 0.15) is 102 Å². The molecule has 2 heterocycles. The fourth-order valence-corrected chi connectivity index (χ4v) is 8.83. The normalized spacial score (nSPS) is 21.5. The van der Waals surface area contributed by atoms with Gasteiger partial charge in [-0.25, -0.2) is 8.78 Å². The zero-order chi connectivity index (χ0) is 44.6. The highest BCUT2D eigenvalue weighted by molar-refractivity contribution is 5.87. The van der Waals surface area contributed by atoms with E-state index < -0.39 is 35.1 Å². The number of likely N-dealkylation sites (tertiary alicyclic amines) is 2. The van der Waals surface area contributed by atoms with Gasteiger partial charge >= 0.3 is 12.4 Å². The van der Waals surface area contributed by atoms with Crippen molar-refractivity contribution in [1.29, 1.82) is 0 Å². The van der Waals surface area contributed by atoms with Gasteiger partial charge in [-0.2, -0.15) is 26.3 Å². The summed E-state index contributed by atoms with van der Waals surface area (Å²) in [4.78, 5) is 53.6. The molecule has 332 valence electrons. The zero-order valence-electron chi connectivity index (χ0n) is 35.1. The van der Waals surface area contributed by atoms with Crippen LogP contribution < -0.4 is 10.6 Å². The van der Waals surface area contributed by atoms with Gasteiger partial charge < -0.3 is 10.6 Å². The molecule has 0 aromatic heterocycles. The summed E-state index contributed by atoms with van der Waals surface area (Å²) in [6.07, 6.45) is -5.11. The van der Waals surface area contributed by atoms with Crippen molar-refractivity contribution in [3.8, 4) is 0 Å². The molecule has 2 amide bonds. The summed E-state index contributed by atoms with van der Waals surface area (Å²) >= 11 is 0. The molecule has 2 spiro atoms. The van der Waals surface area contributed by atoms with Gasteiger partial charge in [0.2, 0.25) is 11.8 Å². The topological polar surface area (TPSA) is 98.8 Å². The first-order valence-corrected chi connectivity index (χ1v) is 20.4. The predicted molar refractivity (Wildman–Crippen MR) is 208 cm³/mol. The van der Waals surface area contributed by atoms with Crippen molar-refractivity contribution >= 4 is 23.4 Å². The number of benzene rings is 2. The number of halogens is 8. The smallest absolute Gasteiger partial charge is 0.350 e. The van der Waals surface area contributed by atoms with Gasteiger partial charge in [0.25, 0.3) is 0 Å². The van der Waals surface area contributed by atoms with E-state index >= 15 is 0 Å². The maximum Gasteiger partial charge on any atom is 0.416 e. The molecule has 2 aromatic rings. The molecule has 2 N–H and O–H groups in total. The number of Topliss-reactive ketones (excluding diaryl/α,β-unsaturated/α-hetero) is 2. The van der Waals surface area contributed by atoms with E-state index in [1.165, 1.54) is 0 Å². The average molecular weight is 857 g/mol. The second-order valence-electron chi connectivity index (χ2n) is 19.4. The van der Waals surface area contributed by atoms with Crippen LogP contribution in [0, 0.1) is 34.3 Å². The van der Waals surface area contributed by atoms with Crippen molar-refractivity contribution in [3.63, 3.8) is 0 Å². The van der Waals surface area contributed by atoms with Crippen LogP contribution in [0.15, 0.2) is 36.4 Å². The Morgan fingerprint density at radius 1 is 0.567 bits per heavy atom. The first kappa shape index (κ1) is 47.1. The lowest BCUT2D eigenvalue weighted by molar-refractivity contribution is -0.138. The second kappa shape index (κ2) is 17.5. The second-order valence-corrected chi connectivity index (χ2v) is 19.4. The Morgan fingerprint density at radius 2 is 0.883 bits per heavy atom. The summed E-state index contributed by atoms with van der Waals surface area (Å²) in [7, 11) is 0. The third kappa shape index (κ3) is 13.0. The SMILES string of the molecule is CC(C)(C)NC(=O)CN1CCC2(CC1)CC2C(=O)Cc1cc(F)cc(C(F)(F)F)c1.CC(C)(C)NC(=O)CN1CCC2(CC1)C[C@H]2C(=O)Cc1cc(F)cc(C(F)(F)F)c1. The van der Waals surface area contributed by atoms with Gasteiger partial charge in [0.05, 0.1) is 24.2 Å². The number of hydrogen-bond donors (Lipinski definition) is 2. The molecular weight excluding hydrogens is 800 g/mol. The summed E-state index contributed by atoms with van der Waals surface area (Å²) in [5.74, 6) is -2.69. The van der Waals surface area contributed by atoms with E-state index in [4.69, 9.17) is 0 Å². The number of carbonyl (C=O) groups excluding carboxylic acids is 4. The number of nitrogens with one attached hydrogen (secondary N) is 2. The molecule has 4 fully saturated rings. The molecule has 1 unspecified atom stereocenters. The lowest BCUT2D eigenvalue weighted by Crippen LogP contribution is -2.47. The van der Waals surface area contributed by atoms with E-state index in [1.54, 1.807) is 0 Å². The maximum absolute atomic E-state index is 13.6. The Morgan fingerprint density at radius 3 is 1.17 bits per heavy atom. The molecule has 60 heavy (non-hydrogen) atoms. The average Bonchev–Trinajstić information content (AvgIpc) is 3.99. The quantitative estimate of drug-likeness (QED) is 0.236. The summed E-state index contributed by atoms with van der Waals surface area (Å²) < 4.78 is 104. The molecule has 4 aliphatic rings. The first-order valence-electron chi connectivity index (χ1n) is 20.4. The monoisotopic (exact) mass is 856 g/mol. The standard InChI is InChI=1S/2C22H28F4N2O2/c2*1-20(2,3)27-19(30)13-28-6-4-21(5-7-28)12-17(21)18(29)10-14-8-15(22(24,25)26)11-16(23)9-14/h2*8-9,11,17H,4-7,10,12-13H2,1-3H3,(H,27,30)/t17-;/m0./s1.